The third kappa shape index (κ3) is 3.47. The molecule has 0 radical (unpaired) electrons. The van der Waals surface area contributed by atoms with Crippen molar-refractivity contribution < 1.29 is 5.11 Å². The van der Waals surface area contributed by atoms with E-state index in [1.54, 1.807) is 0 Å². The lowest BCUT2D eigenvalue weighted by Gasteiger charge is -2.36. The van der Waals surface area contributed by atoms with Crippen molar-refractivity contribution in [3.8, 4) is 0 Å². The molecule has 2 saturated carbocycles. The van der Waals surface area contributed by atoms with Crippen molar-refractivity contribution in [1.29, 1.82) is 0 Å². The van der Waals surface area contributed by atoms with Gasteiger partial charge in [0.15, 0.2) is 0 Å². The Bertz CT molecular complexity index is 238. The molecule has 0 heterocycles. The van der Waals surface area contributed by atoms with E-state index in [2.05, 4.69) is 13.8 Å². The Kier molecular flexibility index (Phi) is 4.18. The first kappa shape index (κ1) is 13.4. The lowest BCUT2D eigenvalue weighted by molar-refractivity contribution is -0.0395. The molecule has 0 aromatic heterocycles. The van der Waals surface area contributed by atoms with Crippen LogP contribution in [-0.4, -0.2) is 10.7 Å². The van der Waals surface area contributed by atoms with Crippen molar-refractivity contribution in [1.82, 2.24) is 0 Å². The van der Waals surface area contributed by atoms with Crippen LogP contribution in [0.3, 0.4) is 0 Å². The zero-order valence-electron chi connectivity index (χ0n) is 11.8. The first-order chi connectivity index (χ1) is 8.02. The number of rotatable bonds is 1. The van der Waals surface area contributed by atoms with E-state index in [0.29, 0.717) is 11.3 Å². The summed E-state index contributed by atoms with van der Waals surface area (Å²) in [6.07, 6.45) is 13.8. The van der Waals surface area contributed by atoms with E-state index in [9.17, 15) is 5.11 Å². The molecule has 1 nitrogen and oxygen atoms in total. The summed E-state index contributed by atoms with van der Waals surface area (Å²) in [6, 6.07) is 0. The molecule has 0 aromatic rings. The summed E-state index contributed by atoms with van der Waals surface area (Å²) < 4.78 is 0. The van der Waals surface area contributed by atoms with Crippen LogP contribution in [0, 0.1) is 11.3 Å². The monoisotopic (exact) mass is 238 g/mol. The molecule has 0 amide bonds. The van der Waals surface area contributed by atoms with Crippen molar-refractivity contribution >= 4 is 0 Å². The molecule has 2 rings (SSSR count). The van der Waals surface area contributed by atoms with Crippen LogP contribution in [0.1, 0.15) is 84.5 Å². The van der Waals surface area contributed by atoms with Gasteiger partial charge in [0.05, 0.1) is 5.60 Å². The van der Waals surface area contributed by atoms with Crippen LogP contribution in [0.2, 0.25) is 0 Å². The third-order valence-corrected chi connectivity index (χ3v) is 5.31. The molecule has 2 aliphatic rings. The van der Waals surface area contributed by atoms with Crippen LogP contribution in [0.5, 0.6) is 0 Å². The van der Waals surface area contributed by atoms with E-state index in [1.165, 1.54) is 57.8 Å². The van der Waals surface area contributed by atoms with Gasteiger partial charge in [0.25, 0.3) is 0 Å². The van der Waals surface area contributed by atoms with E-state index < -0.39 is 0 Å². The van der Waals surface area contributed by atoms with E-state index in [1.807, 2.05) is 0 Å². The van der Waals surface area contributed by atoms with E-state index in [-0.39, 0.29) is 5.60 Å². The highest BCUT2D eigenvalue weighted by molar-refractivity contribution is 4.92. The second kappa shape index (κ2) is 5.30. The zero-order valence-corrected chi connectivity index (χ0v) is 11.8. The van der Waals surface area contributed by atoms with Gasteiger partial charge in [-0.3, -0.25) is 0 Å². The van der Waals surface area contributed by atoms with Crippen LogP contribution in [0.25, 0.3) is 0 Å². The average Bonchev–Trinajstić information content (AvgIpc) is 2.60. The highest BCUT2D eigenvalue weighted by Gasteiger charge is 2.39. The first-order valence-corrected chi connectivity index (χ1v) is 7.74. The highest BCUT2D eigenvalue weighted by Crippen LogP contribution is 2.44. The molecule has 100 valence electrons. The molecule has 1 N–H and O–H groups in total. The summed E-state index contributed by atoms with van der Waals surface area (Å²) in [5.41, 5.74) is 0.132. The first-order valence-electron chi connectivity index (χ1n) is 7.74. The Morgan fingerprint density at radius 2 is 1.41 bits per heavy atom. The van der Waals surface area contributed by atoms with Crippen LogP contribution in [0.15, 0.2) is 0 Å². The van der Waals surface area contributed by atoms with Gasteiger partial charge in [-0.25, -0.2) is 0 Å². The maximum absolute atomic E-state index is 11.0. The number of hydrogen-bond acceptors (Lipinski definition) is 1. The fourth-order valence-electron chi connectivity index (χ4n) is 3.90. The van der Waals surface area contributed by atoms with Crippen LogP contribution in [-0.2, 0) is 0 Å². The van der Waals surface area contributed by atoms with Gasteiger partial charge in [-0.1, -0.05) is 46.0 Å². The molecular formula is C16H30O. The van der Waals surface area contributed by atoms with E-state index in [4.69, 9.17) is 0 Å². The Hall–Kier alpha value is -0.0400. The summed E-state index contributed by atoms with van der Waals surface area (Å²) in [5, 5.41) is 11.0. The molecule has 2 fully saturated rings. The second-order valence-corrected chi connectivity index (χ2v) is 7.31. The molecule has 1 atom stereocenters. The van der Waals surface area contributed by atoms with Gasteiger partial charge >= 0.3 is 0 Å². The summed E-state index contributed by atoms with van der Waals surface area (Å²) >= 11 is 0. The van der Waals surface area contributed by atoms with Crippen LogP contribution < -0.4 is 0 Å². The largest absolute Gasteiger partial charge is 0.390 e. The fraction of sp³-hybridized carbons (Fsp3) is 1.00. The Labute approximate surface area is 107 Å². The van der Waals surface area contributed by atoms with Gasteiger partial charge in [-0.05, 0) is 49.9 Å². The molecule has 0 bridgehead atoms. The lowest BCUT2D eigenvalue weighted by atomic mass is 9.76. The third-order valence-electron chi connectivity index (χ3n) is 5.31. The summed E-state index contributed by atoms with van der Waals surface area (Å²) in [7, 11) is 0. The van der Waals surface area contributed by atoms with Gasteiger partial charge in [-0.15, -0.1) is 0 Å². The maximum Gasteiger partial charge on any atom is 0.0676 e. The Morgan fingerprint density at radius 1 is 0.765 bits per heavy atom. The van der Waals surface area contributed by atoms with Crippen molar-refractivity contribution in [2.24, 2.45) is 11.3 Å². The minimum atomic E-state index is -0.321. The van der Waals surface area contributed by atoms with Crippen LogP contribution in [0.4, 0.5) is 0 Å². The number of hydrogen-bond donors (Lipinski definition) is 1. The Balaban J connectivity index is 2.01. The minimum absolute atomic E-state index is 0.321. The lowest BCUT2D eigenvalue weighted by Crippen LogP contribution is -2.37. The average molecular weight is 238 g/mol. The second-order valence-electron chi connectivity index (χ2n) is 7.31. The smallest absolute Gasteiger partial charge is 0.0676 e. The van der Waals surface area contributed by atoms with Gasteiger partial charge in [0.2, 0.25) is 0 Å². The number of aliphatic hydroxyl groups is 1. The van der Waals surface area contributed by atoms with Gasteiger partial charge in [0.1, 0.15) is 0 Å². The highest BCUT2D eigenvalue weighted by atomic mass is 16.3. The van der Waals surface area contributed by atoms with Crippen molar-refractivity contribution in [3.05, 3.63) is 0 Å². The molecule has 0 aromatic carbocycles. The normalized spacial score (nSPS) is 36.2. The predicted molar refractivity (Wildman–Crippen MR) is 73.0 cm³/mol. The maximum atomic E-state index is 11.0. The summed E-state index contributed by atoms with van der Waals surface area (Å²) in [6.45, 7) is 4.73. The van der Waals surface area contributed by atoms with Crippen LogP contribution >= 0.6 is 0 Å². The SMILES string of the molecule is CC1(C)CCCC(O)(C2CCCCCC2)CC1. The Morgan fingerprint density at radius 3 is 2.06 bits per heavy atom. The van der Waals surface area contributed by atoms with E-state index >= 15 is 0 Å². The molecule has 0 aliphatic heterocycles. The van der Waals surface area contributed by atoms with E-state index in [0.717, 1.165) is 12.8 Å². The molecule has 17 heavy (non-hydrogen) atoms. The van der Waals surface area contributed by atoms with Crippen molar-refractivity contribution in [2.75, 3.05) is 0 Å². The molecule has 1 heteroatoms. The molecule has 0 spiro atoms. The summed E-state index contributed by atoms with van der Waals surface area (Å²) in [4.78, 5) is 0. The van der Waals surface area contributed by atoms with Crippen molar-refractivity contribution in [3.63, 3.8) is 0 Å². The minimum Gasteiger partial charge on any atom is -0.390 e. The van der Waals surface area contributed by atoms with Gasteiger partial charge in [-0.2, -0.15) is 0 Å². The quantitative estimate of drug-likeness (QED) is 0.658. The molecule has 1 unspecified atom stereocenters. The molecule has 0 saturated heterocycles. The van der Waals surface area contributed by atoms with Gasteiger partial charge in [0, 0.05) is 0 Å². The zero-order chi connectivity index (χ0) is 12.4. The predicted octanol–water partition coefficient (Wildman–Crippen LogP) is 4.68. The topological polar surface area (TPSA) is 20.2 Å². The summed E-state index contributed by atoms with van der Waals surface area (Å²) in [5.74, 6) is 0.596. The standard InChI is InChI=1S/C16H30O/c1-15(2)10-7-11-16(17,13-12-15)14-8-5-3-4-6-9-14/h14,17H,3-13H2,1-2H3. The van der Waals surface area contributed by atoms with Gasteiger partial charge < -0.3 is 5.11 Å². The fourth-order valence-corrected chi connectivity index (χ4v) is 3.90. The van der Waals surface area contributed by atoms with Crippen molar-refractivity contribution in [2.45, 2.75) is 90.1 Å². The molecule has 2 aliphatic carbocycles. The molecular weight excluding hydrogens is 208 g/mol.